The number of nitrogens with two attached hydrogens (primary N) is 1. The molecule has 0 radical (unpaired) electrons. The zero-order valence-corrected chi connectivity index (χ0v) is 9.56. The molecule has 0 unspecified atom stereocenters. The molecule has 0 fully saturated rings. The molecule has 0 aromatic heterocycles. The fourth-order valence-corrected chi connectivity index (χ4v) is 0.818. The van der Waals surface area contributed by atoms with Crippen LogP contribution in [0.5, 0.6) is 0 Å². The first-order valence-corrected chi connectivity index (χ1v) is 3.96. The molecule has 0 heterocycles. The van der Waals surface area contributed by atoms with E-state index in [0.717, 1.165) is 0 Å². The third-order valence-electron chi connectivity index (χ3n) is 1.31. The normalized spacial score (nSPS) is 16.9. The molecule has 0 spiro atoms. The fourth-order valence-electron chi connectivity index (χ4n) is 0.765. The van der Waals surface area contributed by atoms with Gasteiger partial charge in [0.25, 0.3) is 0 Å². The maximum Gasteiger partial charge on any atom is 2.00 e. The predicted octanol–water partition coefficient (Wildman–Crippen LogP) is 0.0911. The van der Waals surface area contributed by atoms with E-state index in [1.54, 1.807) is 18.2 Å². The molecular weight excluding hydrogens is 259 g/mol. The second-order valence-electron chi connectivity index (χ2n) is 2.26. The number of allylic oxidation sites excluding steroid dienone is 5. The van der Waals surface area contributed by atoms with E-state index in [9.17, 15) is 4.79 Å². The topological polar surface area (TPSA) is 102 Å². The molecule has 0 aromatic carbocycles. The first-order chi connectivity index (χ1) is 6.20. The van der Waals surface area contributed by atoms with Crippen LogP contribution in [0.4, 0.5) is 0 Å². The summed E-state index contributed by atoms with van der Waals surface area (Å²) in [6.45, 7) is 0. The second kappa shape index (κ2) is 8.17. The van der Waals surface area contributed by atoms with Crippen LogP contribution in [0.1, 0.15) is 0 Å². The average molecular weight is 270 g/mol. The Morgan fingerprint density at radius 1 is 1.47 bits per heavy atom. The van der Waals surface area contributed by atoms with E-state index in [0.29, 0.717) is 5.57 Å². The van der Waals surface area contributed by atoms with Crippen molar-refractivity contribution in [2.45, 2.75) is 0 Å². The van der Waals surface area contributed by atoms with E-state index < -0.39 is 0 Å². The van der Waals surface area contributed by atoms with Gasteiger partial charge in [-0.05, 0) is 17.3 Å². The molecule has 0 aliphatic heterocycles. The van der Waals surface area contributed by atoms with E-state index in [-0.39, 0.29) is 33.6 Å². The molecule has 1 rings (SSSR count). The zero-order valence-electron chi connectivity index (χ0n) is 7.75. The van der Waals surface area contributed by atoms with Crippen LogP contribution in [-0.2, 0) is 33.9 Å². The number of hydrogen-bond donors (Lipinski definition) is 3. The SMILES string of the molecule is N.NC([S-])=NNC=C1C=CC=CC1=O.[Ni+2]. The Morgan fingerprint density at radius 2 is 2.07 bits per heavy atom. The molecule has 6 N–H and O–H groups in total. The van der Waals surface area contributed by atoms with Gasteiger partial charge in [0.05, 0.1) is 0 Å². The Hall–Kier alpha value is -1.17. The Labute approximate surface area is 103 Å². The molecule has 84 valence electrons. The van der Waals surface area contributed by atoms with E-state index in [1.165, 1.54) is 12.3 Å². The summed E-state index contributed by atoms with van der Waals surface area (Å²) in [4.78, 5) is 11.1. The van der Waals surface area contributed by atoms with Gasteiger partial charge in [-0.15, -0.1) is 0 Å². The van der Waals surface area contributed by atoms with E-state index in [4.69, 9.17) is 5.73 Å². The molecule has 0 atom stereocenters. The quantitative estimate of drug-likeness (QED) is 0.165. The van der Waals surface area contributed by atoms with Crippen molar-refractivity contribution in [1.82, 2.24) is 11.6 Å². The third-order valence-corrected chi connectivity index (χ3v) is 1.41. The summed E-state index contributed by atoms with van der Waals surface area (Å²) in [6.07, 6.45) is 8.01. The number of nitrogens with one attached hydrogen (secondary N) is 1. The van der Waals surface area contributed by atoms with Gasteiger partial charge in [0.2, 0.25) is 0 Å². The van der Waals surface area contributed by atoms with Crippen molar-refractivity contribution in [2.75, 3.05) is 0 Å². The molecule has 0 saturated carbocycles. The minimum Gasteiger partial charge on any atom is -0.741 e. The summed E-state index contributed by atoms with van der Waals surface area (Å²) >= 11 is 4.49. The molecule has 5 nitrogen and oxygen atoms in total. The largest absolute Gasteiger partial charge is 2.00 e. The van der Waals surface area contributed by atoms with Crippen molar-refractivity contribution in [3.63, 3.8) is 0 Å². The first-order valence-electron chi connectivity index (χ1n) is 3.55. The van der Waals surface area contributed by atoms with Crippen molar-refractivity contribution in [3.8, 4) is 0 Å². The molecule has 0 aromatic rings. The number of ketones is 1. The Morgan fingerprint density at radius 3 is 2.60 bits per heavy atom. The fraction of sp³-hybridized carbons (Fsp3) is 0. The predicted molar refractivity (Wildman–Crippen MR) is 58.5 cm³/mol. The number of hydrazone groups is 1. The maximum atomic E-state index is 11.1. The molecular formula is C8H11N4NiOS+. The number of hydrogen-bond acceptors (Lipinski definition) is 5. The number of nitrogens with zero attached hydrogens (tertiary/aromatic N) is 1. The van der Waals surface area contributed by atoms with Crippen LogP contribution < -0.4 is 17.3 Å². The number of rotatable bonds is 2. The number of amidine groups is 1. The minimum atomic E-state index is -0.0758. The van der Waals surface area contributed by atoms with E-state index >= 15 is 0 Å². The number of carbonyl (C=O) groups is 1. The van der Waals surface area contributed by atoms with Crippen LogP contribution >= 0.6 is 0 Å². The van der Waals surface area contributed by atoms with Crippen molar-refractivity contribution in [2.24, 2.45) is 10.8 Å². The first kappa shape index (κ1) is 16.3. The monoisotopic (exact) mass is 269 g/mol. The van der Waals surface area contributed by atoms with Gasteiger partial charge in [-0.25, -0.2) is 0 Å². The molecule has 1 aliphatic carbocycles. The van der Waals surface area contributed by atoms with Crippen LogP contribution in [0, 0.1) is 0 Å². The second-order valence-corrected chi connectivity index (χ2v) is 2.68. The van der Waals surface area contributed by atoms with Gasteiger partial charge in [0, 0.05) is 11.8 Å². The van der Waals surface area contributed by atoms with Crippen LogP contribution in [-0.4, -0.2) is 11.0 Å². The number of carbonyl (C=O) groups excluding carboxylic acids is 1. The zero-order chi connectivity index (χ0) is 9.68. The van der Waals surface area contributed by atoms with Crippen molar-refractivity contribution >= 4 is 23.6 Å². The Kier molecular flexibility index (Phi) is 8.86. The van der Waals surface area contributed by atoms with Crippen molar-refractivity contribution in [3.05, 3.63) is 36.1 Å². The van der Waals surface area contributed by atoms with Crippen molar-refractivity contribution < 1.29 is 21.3 Å². The van der Waals surface area contributed by atoms with Crippen LogP contribution in [0.2, 0.25) is 0 Å². The average Bonchev–Trinajstić information content (AvgIpc) is 2.08. The molecule has 0 bridgehead atoms. The van der Waals surface area contributed by atoms with Gasteiger partial charge in [0.15, 0.2) is 5.78 Å². The van der Waals surface area contributed by atoms with Gasteiger partial charge in [-0.3, -0.25) is 10.2 Å². The Balaban J connectivity index is 0. The standard InChI is InChI=1S/C8H9N3OS.H3N.Ni/c9-8(13)11-10-5-6-3-1-2-4-7(6)12;;/h1-5,10H,(H3,9,11,13);1H3;/q;;+2/p-1. The van der Waals surface area contributed by atoms with Gasteiger partial charge < -0.3 is 24.5 Å². The van der Waals surface area contributed by atoms with Gasteiger partial charge in [0.1, 0.15) is 0 Å². The Bertz CT molecular complexity index is 332. The van der Waals surface area contributed by atoms with Gasteiger partial charge in [-0.1, -0.05) is 12.2 Å². The van der Waals surface area contributed by atoms with E-state index in [2.05, 4.69) is 23.2 Å². The molecule has 7 heteroatoms. The molecule has 0 saturated heterocycles. The summed E-state index contributed by atoms with van der Waals surface area (Å²) in [6, 6.07) is 0. The van der Waals surface area contributed by atoms with Crippen LogP contribution in [0.25, 0.3) is 0 Å². The van der Waals surface area contributed by atoms with Gasteiger partial charge >= 0.3 is 16.5 Å². The summed E-state index contributed by atoms with van der Waals surface area (Å²) in [7, 11) is 0. The van der Waals surface area contributed by atoms with Crippen molar-refractivity contribution in [1.29, 1.82) is 0 Å². The molecule has 15 heavy (non-hydrogen) atoms. The maximum absolute atomic E-state index is 11.1. The minimum absolute atomic E-state index is 0. The van der Waals surface area contributed by atoms with Crippen LogP contribution in [0.3, 0.4) is 0 Å². The van der Waals surface area contributed by atoms with E-state index in [1.807, 2.05) is 0 Å². The van der Waals surface area contributed by atoms with Crippen LogP contribution in [0.15, 0.2) is 41.2 Å². The van der Waals surface area contributed by atoms with Gasteiger partial charge in [-0.2, -0.15) is 5.10 Å². The summed E-state index contributed by atoms with van der Waals surface area (Å²) in [5.41, 5.74) is 8.09. The summed E-state index contributed by atoms with van der Waals surface area (Å²) in [5, 5.41) is 3.53. The summed E-state index contributed by atoms with van der Waals surface area (Å²) in [5.74, 6) is -0.0758. The molecule has 0 amide bonds. The smallest absolute Gasteiger partial charge is 0.741 e. The third kappa shape index (κ3) is 6.01. The summed E-state index contributed by atoms with van der Waals surface area (Å²) < 4.78 is 0. The molecule has 1 aliphatic rings.